The Morgan fingerprint density at radius 3 is 2.52 bits per heavy atom. The zero-order chi connectivity index (χ0) is 22.5. The minimum absolute atomic E-state index is 0.0445. The molecule has 0 bridgehead atoms. The summed E-state index contributed by atoms with van der Waals surface area (Å²) in [4.78, 5) is 27.3. The van der Waals surface area contributed by atoms with Crippen LogP contribution in [-0.4, -0.2) is 55.7 Å². The number of carbonyl (C=O) groups excluding carboxylic acids is 2. The zero-order valence-corrected chi connectivity index (χ0v) is 18.2. The van der Waals surface area contributed by atoms with E-state index in [9.17, 15) is 14.7 Å². The third-order valence-corrected chi connectivity index (χ3v) is 5.25. The van der Waals surface area contributed by atoms with Gasteiger partial charge in [0.1, 0.15) is 17.3 Å². The summed E-state index contributed by atoms with van der Waals surface area (Å²) in [5, 5.41) is 11.2. The molecule has 1 amide bonds. The van der Waals surface area contributed by atoms with E-state index in [0.717, 1.165) is 5.56 Å². The van der Waals surface area contributed by atoms with E-state index in [1.807, 2.05) is 26.0 Å². The van der Waals surface area contributed by atoms with E-state index in [1.165, 1.54) is 12.0 Å². The van der Waals surface area contributed by atoms with E-state index in [4.69, 9.17) is 14.2 Å². The fraction of sp³-hybridized carbons (Fsp3) is 0.333. The minimum Gasteiger partial charge on any atom is -0.507 e. The number of aliphatic hydroxyl groups excluding tert-OH is 1. The first-order valence-electron chi connectivity index (χ1n) is 10.1. The quantitative estimate of drug-likeness (QED) is 0.396. The second-order valence-electron chi connectivity index (χ2n) is 7.17. The Kier molecular flexibility index (Phi) is 6.97. The maximum atomic E-state index is 13.0. The highest BCUT2D eigenvalue weighted by Gasteiger charge is 2.46. The number of rotatable bonds is 8. The lowest BCUT2D eigenvalue weighted by atomic mass is 9.93. The first-order valence-corrected chi connectivity index (χ1v) is 10.1. The molecule has 2 aromatic rings. The van der Waals surface area contributed by atoms with Gasteiger partial charge in [0, 0.05) is 19.2 Å². The topological polar surface area (TPSA) is 85.3 Å². The largest absolute Gasteiger partial charge is 0.507 e. The second kappa shape index (κ2) is 9.66. The Morgan fingerprint density at radius 1 is 1.10 bits per heavy atom. The van der Waals surface area contributed by atoms with Crippen molar-refractivity contribution in [2.24, 2.45) is 0 Å². The van der Waals surface area contributed by atoms with Gasteiger partial charge in [-0.1, -0.05) is 12.1 Å². The number of likely N-dealkylation sites (tertiary alicyclic amines) is 1. The molecule has 31 heavy (non-hydrogen) atoms. The number of amides is 1. The first kappa shape index (κ1) is 22.4. The summed E-state index contributed by atoms with van der Waals surface area (Å²) >= 11 is 0. The van der Waals surface area contributed by atoms with Crippen molar-refractivity contribution in [2.75, 3.05) is 34.0 Å². The maximum Gasteiger partial charge on any atom is 0.295 e. The first-order chi connectivity index (χ1) is 14.9. The van der Waals surface area contributed by atoms with Gasteiger partial charge in [-0.05, 0) is 55.3 Å². The van der Waals surface area contributed by atoms with Crippen molar-refractivity contribution >= 4 is 17.4 Å². The van der Waals surface area contributed by atoms with Gasteiger partial charge in [-0.3, -0.25) is 9.59 Å². The van der Waals surface area contributed by atoms with Crippen LogP contribution in [0.3, 0.4) is 0 Å². The van der Waals surface area contributed by atoms with Crippen LogP contribution in [0, 0.1) is 6.92 Å². The standard InChI is InChI=1S/C24H27NO6/c1-5-31-18-8-6-7-16(14-18)21-20(23(27)24(28)25(21)11-12-29-3)22(26)19-10-9-17(30-4)13-15(19)2/h6-10,13-14,21,26H,5,11-12H2,1-4H3/b22-20+. The third-order valence-electron chi connectivity index (χ3n) is 5.25. The van der Waals surface area contributed by atoms with Crippen LogP contribution in [0.25, 0.3) is 5.76 Å². The molecule has 1 fully saturated rings. The van der Waals surface area contributed by atoms with Gasteiger partial charge in [0.25, 0.3) is 11.7 Å². The summed E-state index contributed by atoms with van der Waals surface area (Å²) in [6, 6.07) is 11.6. The smallest absolute Gasteiger partial charge is 0.295 e. The number of carbonyl (C=O) groups is 2. The van der Waals surface area contributed by atoms with Crippen LogP contribution in [0.4, 0.5) is 0 Å². The van der Waals surface area contributed by atoms with Gasteiger partial charge in [-0.2, -0.15) is 0 Å². The van der Waals surface area contributed by atoms with Crippen molar-refractivity contribution in [3.05, 3.63) is 64.7 Å². The fourth-order valence-electron chi connectivity index (χ4n) is 3.76. The van der Waals surface area contributed by atoms with Crippen LogP contribution < -0.4 is 9.47 Å². The van der Waals surface area contributed by atoms with Crippen molar-refractivity contribution in [3.8, 4) is 11.5 Å². The number of aliphatic hydroxyl groups is 1. The van der Waals surface area contributed by atoms with Gasteiger partial charge in [-0.25, -0.2) is 0 Å². The average molecular weight is 425 g/mol. The minimum atomic E-state index is -0.753. The number of benzene rings is 2. The number of hydrogen-bond donors (Lipinski definition) is 1. The molecule has 2 aromatic carbocycles. The van der Waals surface area contributed by atoms with E-state index >= 15 is 0 Å². The Bertz CT molecular complexity index is 1010. The van der Waals surface area contributed by atoms with Crippen LogP contribution in [0.2, 0.25) is 0 Å². The fourth-order valence-corrected chi connectivity index (χ4v) is 3.76. The predicted molar refractivity (Wildman–Crippen MR) is 116 cm³/mol. The lowest BCUT2D eigenvalue weighted by Crippen LogP contribution is -2.32. The van der Waals surface area contributed by atoms with E-state index < -0.39 is 17.7 Å². The van der Waals surface area contributed by atoms with E-state index in [2.05, 4.69) is 0 Å². The highest BCUT2D eigenvalue weighted by Crippen LogP contribution is 2.40. The maximum absolute atomic E-state index is 13.0. The number of ether oxygens (including phenoxy) is 3. The Labute approximate surface area is 181 Å². The third kappa shape index (κ3) is 4.41. The number of hydrogen-bond acceptors (Lipinski definition) is 6. The number of methoxy groups -OCH3 is 2. The molecule has 164 valence electrons. The molecule has 0 spiro atoms. The van der Waals surface area contributed by atoms with Crippen molar-refractivity contribution < 1.29 is 28.9 Å². The molecule has 1 aliphatic rings. The Balaban J connectivity index is 2.17. The van der Waals surface area contributed by atoms with Crippen molar-refractivity contribution in [1.29, 1.82) is 0 Å². The molecule has 0 saturated carbocycles. The monoisotopic (exact) mass is 425 g/mol. The molecule has 0 radical (unpaired) electrons. The average Bonchev–Trinajstić information content (AvgIpc) is 3.02. The van der Waals surface area contributed by atoms with Gasteiger partial charge in [0.05, 0.1) is 31.9 Å². The van der Waals surface area contributed by atoms with E-state index in [-0.39, 0.29) is 24.5 Å². The van der Waals surface area contributed by atoms with Gasteiger partial charge in [0.2, 0.25) is 0 Å². The number of ketones is 1. The van der Waals surface area contributed by atoms with Crippen LogP contribution in [0.15, 0.2) is 48.0 Å². The molecule has 1 heterocycles. The number of nitrogens with zero attached hydrogens (tertiary/aromatic N) is 1. The summed E-state index contributed by atoms with van der Waals surface area (Å²) < 4.78 is 16.0. The summed E-state index contributed by atoms with van der Waals surface area (Å²) in [7, 11) is 3.09. The summed E-state index contributed by atoms with van der Waals surface area (Å²) in [5.74, 6) is -0.356. The van der Waals surface area contributed by atoms with E-state index in [0.29, 0.717) is 29.2 Å². The van der Waals surface area contributed by atoms with Crippen molar-refractivity contribution in [2.45, 2.75) is 19.9 Å². The molecular weight excluding hydrogens is 398 g/mol. The van der Waals surface area contributed by atoms with Crippen LogP contribution in [0.5, 0.6) is 11.5 Å². The molecule has 0 aromatic heterocycles. The molecule has 7 nitrogen and oxygen atoms in total. The molecule has 1 N–H and O–H groups in total. The lowest BCUT2D eigenvalue weighted by Gasteiger charge is -2.25. The normalized spacial score (nSPS) is 17.8. The van der Waals surface area contributed by atoms with Gasteiger partial charge in [0.15, 0.2) is 0 Å². The molecule has 7 heteroatoms. The molecule has 1 aliphatic heterocycles. The van der Waals surface area contributed by atoms with Crippen molar-refractivity contribution in [1.82, 2.24) is 4.90 Å². The zero-order valence-electron chi connectivity index (χ0n) is 18.2. The van der Waals surface area contributed by atoms with Crippen LogP contribution >= 0.6 is 0 Å². The number of Topliss-reactive ketones (excluding diaryl/α,β-unsaturated/α-hetero) is 1. The van der Waals surface area contributed by atoms with Crippen LogP contribution in [-0.2, 0) is 14.3 Å². The molecular formula is C24H27NO6. The molecule has 1 unspecified atom stereocenters. The molecule has 3 rings (SSSR count). The Morgan fingerprint density at radius 2 is 1.87 bits per heavy atom. The summed E-state index contributed by atoms with van der Waals surface area (Å²) in [6.45, 7) is 4.64. The molecule has 1 atom stereocenters. The van der Waals surface area contributed by atoms with Crippen molar-refractivity contribution in [3.63, 3.8) is 0 Å². The Hall–Kier alpha value is -3.32. The lowest BCUT2D eigenvalue weighted by molar-refractivity contribution is -0.140. The second-order valence-corrected chi connectivity index (χ2v) is 7.17. The van der Waals surface area contributed by atoms with Crippen LogP contribution in [0.1, 0.15) is 29.7 Å². The number of aryl methyl sites for hydroxylation is 1. The SMILES string of the molecule is CCOc1cccc(C2/C(=C(\O)c3ccc(OC)cc3C)C(=O)C(=O)N2CCOC)c1. The highest BCUT2D eigenvalue weighted by molar-refractivity contribution is 6.46. The molecule has 1 saturated heterocycles. The van der Waals surface area contributed by atoms with Gasteiger partial charge >= 0.3 is 0 Å². The molecule has 0 aliphatic carbocycles. The van der Waals surface area contributed by atoms with Gasteiger partial charge in [-0.15, -0.1) is 0 Å². The van der Waals surface area contributed by atoms with E-state index in [1.54, 1.807) is 37.4 Å². The van der Waals surface area contributed by atoms with Gasteiger partial charge < -0.3 is 24.2 Å². The predicted octanol–water partition coefficient (Wildman–Crippen LogP) is 3.47. The summed E-state index contributed by atoms with van der Waals surface area (Å²) in [5.41, 5.74) is 1.91. The summed E-state index contributed by atoms with van der Waals surface area (Å²) in [6.07, 6.45) is 0. The highest BCUT2D eigenvalue weighted by atomic mass is 16.5.